The summed E-state index contributed by atoms with van der Waals surface area (Å²) in [5.41, 5.74) is 2.52. The standard InChI is InChI=1S/C15H23NO3/c1-11(2)5-4-6-12(3)9-10-19-15(18)13-7-8-14(17)16-13/h5,9,13H,4,6-8,10H2,1-3H3,(H,16,17)/b12-9+/t13-/m0/s1. The zero-order valence-electron chi connectivity index (χ0n) is 12.0. The third-order valence-corrected chi connectivity index (χ3v) is 3.03. The van der Waals surface area contributed by atoms with Gasteiger partial charge in [0, 0.05) is 6.42 Å². The molecule has 0 saturated carbocycles. The van der Waals surface area contributed by atoms with Gasteiger partial charge in [-0.05, 0) is 46.1 Å². The van der Waals surface area contributed by atoms with E-state index in [1.54, 1.807) is 0 Å². The molecule has 1 aliphatic rings. The third-order valence-electron chi connectivity index (χ3n) is 3.03. The van der Waals surface area contributed by atoms with Crippen molar-refractivity contribution in [2.24, 2.45) is 0 Å². The number of carbonyl (C=O) groups is 2. The highest BCUT2D eigenvalue weighted by Crippen LogP contribution is 2.09. The molecular weight excluding hydrogens is 242 g/mol. The summed E-state index contributed by atoms with van der Waals surface area (Å²) in [6.07, 6.45) is 7.06. The van der Waals surface area contributed by atoms with Crippen molar-refractivity contribution in [2.75, 3.05) is 6.61 Å². The van der Waals surface area contributed by atoms with Crippen molar-refractivity contribution in [3.63, 3.8) is 0 Å². The molecule has 4 nitrogen and oxygen atoms in total. The van der Waals surface area contributed by atoms with Crippen molar-refractivity contribution in [3.05, 3.63) is 23.3 Å². The van der Waals surface area contributed by atoms with Crippen molar-refractivity contribution in [3.8, 4) is 0 Å². The second-order valence-electron chi connectivity index (χ2n) is 5.16. The minimum Gasteiger partial charge on any atom is -0.460 e. The molecule has 0 radical (unpaired) electrons. The van der Waals surface area contributed by atoms with E-state index in [1.165, 1.54) is 11.1 Å². The Labute approximate surface area is 114 Å². The largest absolute Gasteiger partial charge is 0.460 e. The molecule has 1 fully saturated rings. The summed E-state index contributed by atoms with van der Waals surface area (Å²) in [6, 6.07) is -0.452. The molecule has 0 aliphatic carbocycles. The van der Waals surface area contributed by atoms with Gasteiger partial charge in [0.1, 0.15) is 12.6 Å². The van der Waals surface area contributed by atoms with Crippen LogP contribution in [0.1, 0.15) is 46.5 Å². The first kappa shape index (κ1) is 15.5. The van der Waals surface area contributed by atoms with Crippen LogP contribution in [-0.2, 0) is 14.3 Å². The second kappa shape index (κ2) is 7.77. The van der Waals surface area contributed by atoms with Gasteiger partial charge in [0.15, 0.2) is 0 Å². The molecule has 1 amide bonds. The quantitative estimate of drug-likeness (QED) is 0.593. The maximum Gasteiger partial charge on any atom is 0.328 e. The zero-order valence-corrected chi connectivity index (χ0v) is 12.0. The number of hydrogen-bond donors (Lipinski definition) is 1. The first-order valence-corrected chi connectivity index (χ1v) is 6.74. The Kier molecular flexibility index (Phi) is 6.33. The van der Waals surface area contributed by atoms with Gasteiger partial charge in [0.2, 0.25) is 5.91 Å². The summed E-state index contributed by atoms with van der Waals surface area (Å²) in [5, 5.41) is 2.60. The average molecular weight is 265 g/mol. The molecule has 0 aromatic rings. The molecule has 0 spiro atoms. The molecule has 1 aliphatic heterocycles. The maximum absolute atomic E-state index is 11.6. The van der Waals surface area contributed by atoms with Crippen LogP contribution in [0.25, 0.3) is 0 Å². The number of carbonyl (C=O) groups excluding carboxylic acids is 2. The van der Waals surface area contributed by atoms with Gasteiger partial charge in [-0.25, -0.2) is 4.79 Å². The van der Waals surface area contributed by atoms with Gasteiger partial charge in [-0.1, -0.05) is 17.2 Å². The Hall–Kier alpha value is -1.58. The lowest BCUT2D eigenvalue weighted by Crippen LogP contribution is -2.34. The molecule has 0 aromatic heterocycles. The Morgan fingerprint density at radius 1 is 1.37 bits per heavy atom. The highest BCUT2D eigenvalue weighted by molar-refractivity contribution is 5.88. The Bertz CT molecular complexity index is 392. The van der Waals surface area contributed by atoms with Crippen LogP contribution in [0.2, 0.25) is 0 Å². The minimum absolute atomic E-state index is 0.0737. The molecule has 1 atom stereocenters. The topological polar surface area (TPSA) is 55.4 Å². The lowest BCUT2D eigenvalue weighted by Gasteiger charge is -2.08. The summed E-state index contributed by atoms with van der Waals surface area (Å²) in [4.78, 5) is 22.6. The van der Waals surface area contributed by atoms with E-state index in [9.17, 15) is 9.59 Å². The van der Waals surface area contributed by atoms with Crippen LogP contribution in [0.3, 0.4) is 0 Å². The molecule has 0 aromatic carbocycles. The Morgan fingerprint density at radius 3 is 2.68 bits per heavy atom. The van der Waals surface area contributed by atoms with Crippen LogP contribution < -0.4 is 5.32 Å². The molecule has 106 valence electrons. The van der Waals surface area contributed by atoms with Crippen LogP contribution in [0, 0.1) is 0 Å². The third kappa shape index (κ3) is 6.22. The summed E-state index contributed by atoms with van der Waals surface area (Å²) >= 11 is 0. The van der Waals surface area contributed by atoms with E-state index in [1.807, 2.05) is 13.0 Å². The van der Waals surface area contributed by atoms with Gasteiger partial charge < -0.3 is 10.1 Å². The second-order valence-corrected chi connectivity index (χ2v) is 5.16. The molecule has 1 N–H and O–H groups in total. The van der Waals surface area contributed by atoms with Gasteiger partial charge in [-0.2, -0.15) is 0 Å². The van der Waals surface area contributed by atoms with E-state index in [2.05, 4.69) is 25.2 Å². The van der Waals surface area contributed by atoms with Crippen LogP contribution in [0.4, 0.5) is 0 Å². The number of amides is 1. The SMILES string of the molecule is CC(C)=CCC/C(C)=C/COC(=O)[C@@H]1CCC(=O)N1. The van der Waals surface area contributed by atoms with Gasteiger partial charge in [0.05, 0.1) is 0 Å². The van der Waals surface area contributed by atoms with Gasteiger partial charge in [-0.3, -0.25) is 4.79 Å². The van der Waals surface area contributed by atoms with E-state index in [0.29, 0.717) is 12.8 Å². The van der Waals surface area contributed by atoms with E-state index in [-0.39, 0.29) is 18.5 Å². The van der Waals surface area contributed by atoms with E-state index in [0.717, 1.165) is 12.8 Å². The first-order valence-electron chi connectivity index (χ1n) is 6.74. The number of esters is 1. The van der Waals surface area contributed by atoms with E-state index in [4.69, 9.17) is 4.74 Å². The molecule has 19 heavy (non-hydrogen) atoms. The normalized spacial score (nSPS) is 19.0. The Balaban J connectivity index is 2.23. The van der Waals surface area contributed by atoms with Crippen LogP contribution in [-0.4, -0.2) is 24.5 Å². The van der Waals surface area contributed by atoms with Gasteiger partial charge >= 0.3 is 5.97 Å². The Morgan fingerprint density at radius 2 is 2.11 bits per heavy atom. The van der Waals surface area contributed by atoms with Crippen molar-refractivity contribution in [1.29, 1.82) is 0 Å². The lowest BCUT2D eigenvalue weighted by atomic mass is 10.1. The van der Waals surface area contributed by atoms with Crippen LogP contribution in [0.5, 0.6) is 0 Å². The highest BCUT2D eigenvalue weighted by atomic mass is 16.5. The average Bonchev–Trinajstić information content (AvgIpc) is 2.75. The zero-order chi connectivity index (χ0) is 14.3. The number of nitrogens with one attached hydrogen (secondary N) is 1. The fraction of sp³-hybridized carbons (Fsp3) is 0.600. The molecule has 1 rings (SSSR count). The molecule has 0 unspecified atom stereocenters. The van der Waals surface area contributed by atoms with Crippen molar-refractivity contribution in [2.45, 2.75) is 52.5 Å². The fourth-order valence-corrected chi connectivity index (χ4v) is 1.85. The fourth-order valence-electron chi connectivity index (χ4n) is 1.85. The summed E-state index contributed by atoms with van der Waals surface area (Å²) in [5.74, 6) is -0.408. The van der Waals surface area contributed by atoms with E-state index < -0.39 is 6.04 Å². The smallest absolute Gasteiger partial charge is 0.328 e. The van der Waals surface area contributed by atoms with E-state index >= 15 is 0 Å². The van der Waals surface area contributed by atoms with Gasteiger partial charge in [-0.15, -0.1) is 0 Å². The van der Waals surface area contributed by atoms with Crippen molar-refractivity contribution < 1.29 is 14.3 Å². The monoisotopic (exact) mass is 265 g/mol. The summed E-state index contributed by atoms with van der Waals surface area (Å²) < 4.78 is 5.13. The molecule has 1 saturated heterocycles. The summed E-state index contributed by atoms with van der Waals surface area (Å²) in [7, 11) is 0. The van der Waals surface area contributed by atoms with Crippen molar-refractivity contribution >= 4 is 11.9 Å². The molecule has 4 heteroatoms. The first-order chi connectivity index (χ1) is 8.99. The predicted molar refractivity (Wildman–Crippen MR) is 74.5 cm³/mol. The van der Waals surface area contributed by atoms with Crippen LogP contribution in [0.15, 0.2) is 23.3 Å². The minimum atomic E-state index is -0.452. The predicted octanol–water partition coefficient (Wildman–Crippen LogP) is 2.50. The molecule has 1 heterocycles. The van der Waals surface area contributed by atoms with Crippen molar-refractivity contribution in [1.82, 2.24) is 5.32 Å². The summed E-state index contributed by atoms with van der Waals surface area (Å²) in [6.45, 7) is 6.48. The number of hydrogen-bond acceptors (Lipinski definition) is 3. The molecular formula is C15H23NO3. The van der Waals surface area contributed by atoms with Gasteiger partial charge in [0.25, 0.3) is 0 Å². The molecule has 0 bridgehead atoms. The number of ether oxygens (including phenoxy) is 1. The highest BCUT2D eigenvalue weighted by Gasteiger charge is 2.28. The maximum atomic E-state index is 11.6. The van der Waals surface area contributed by atoms with Crippen LogP contribution >= 0.6 is 0 Å². The number of allylic oxidation sites excluding steroid dienone is 3. The number of rotatable bonds is 6. The lowest BCUT2D eigenvalue weighted by molar-refractivity contribution is -0.145.